The number of aliphatic imine (C=N–C) groups is 1. The molecule has 2 aliphatic heterocycles. The van der Waals surface area contributed by atoms with Gasteiger partial charge in [0.1, 0.15) is 13.2 Å². The molecule has 29 heavy (non-hydrogen) atoms. The van der Waals surface area contributed by atoms with Gasteiger partial charge in [-0.3, -0.25) is 4.99 Å². The lowest BCUT2D eigenvalue weighted by atomic mass is 10.2. The molecular weight excluding hydrogens is 386 g/mol. The standard InChI is InChI=1S/C19H21ClN2O2.C4H7N/c20-15-3-1-14(2-4-15)12-21-16-7-8-22(13-16)17-5-6-18-19(11-17)24-10-9-23-18;1-3-5-4-2/h1-6,11,16,21H,7-10,12-13H2;3-4H,1H2,2H3. The highest BCUT2D eigenvalue weighted by Gasteiger charge is 2.23. The van der Waals surface area contributed by atoms with Crippen molar-refractivity contribution in [3.05, 3.63) is 65.8 Å². The average molecular weight is 414 g/mol. The largest absolute Gasteiger partial charge is 0.486 e. The van der Waals surface area contributed by atoms with Crippen LogP contribution in [0.25, 0.3) is 0 Å². The molecule has 154 valence electrons. The van der Waals surface area contributed by atoms with Crippen LogP contribution in [-0.2, 0) is 6.54 Å². The van der Waals surface area contributed by atoms with Gasteiger partial charge in [-0.25, -0.2) is 0 Å². The molecule has 2 aromatic rings. The maximum Gasteiger partial charge on any atom is 0.163 e. The Labute approximate surface area is 178 Å². The molecule has 1 fully saturated rings. The molecule has 4 rings (SSSR count). The summed E-state index contributed by atoms with van der Waals surface area (Å²) in [6.45, 7) is 9.39. The molecule has 2 aliphatic rings. The predicted molar refractivity (Wildman–Crippen MR) is 121 cm³/mol. The second-order valence-electron chi connectivity index (χ2n) is 6.86. The molecular formula is C23H28ClN3O2. The Kier molecular flexibility index (Phi) is 7.96. The van der Waals surface area contributed by atoms with Crippen LogP contribution in [-0.4, -0.2) is 38.6 Å². The molecule has 0 spiro atoms. The van der Waals surface area contributed by atoms with E-state index in [0.29, 0.717) is 19.3 Å². The van der Waals surface area contributed by atoms with Crippen molar-refractivity contribution in [2.75, 3.05) is 31.2 Å². The zero-order chi connectivity index (χ0) is 20.5. The molecule has 5 nitrogen and oxygen atoms in total. The number of fused-ring (bicyclic) bond motifs is 1. The normalized spacial score (nSPS) is 17.7. The van der Waals surface area contributed by atoms with Gasteiger partial charge >= 0.3 is 0 Å². The molecule has 1 saturated heterocycles. The molecule has 0 aliphatic carbocycles. The van der Waals surface area contributed by atoms with E-state index in [1.165, 1.54) is 17.5 Å². The van der Waals surface area contributed by atoms with Crippen LogP contribution in [0, 0.1) is 0 Å². The van der Waals surface area contributed by atoms with Crippen LogP contribution in [0.15, 0.2) is 60.2 Å². The highest BCUT2D eigenvalue weighted by molar-refractivity contribution is 6.30. The lowest BCUT2D eigenvalue weighted by molar-refractivity contribution is 0.171. The fourth-order valence-electron chi connectivity index (χ4n) is 3.36. The number of hydrogen-bond acceptors (Lipinski definition) is 5. The summed E-state index contributed by atoms with van der Waals surface area (Å²) in [5.41, 5.74) is 2.47. The fraction of sp³-hybridized carbons (Fsp3) is 0.348. The monoisotopic (exact) mass is 413 g/mol. The molecule has 6 heteroatoms. The van der Waals surface area contributed by atoms with Gasteiger partial charge in [0, 0.05) is 54.9 Å². The molecule has 1 atom stereocenters. The van der Waals surface area contributed by atoms with Gasteiger partial charge in [0.2, 0.25) is 0 Å². The number of anilines is 1. The minimum Gasteiger partial charge on any atom is -0.486 e. The van der Waals surface area contributed by atoms with Crippen molar-refractivity contribution in [1.82, 2.24) is 5.32 Å². The number of ether oxygens (including phenoxy) is 2. The highest BCUT2D eigenvalue weighted by Crippen LogP contribution is 2.34. The van der Waals surface area contributed by atoms with Gasteiger partial charge in [-0.15, -0.1) is 0 Å². The first-order valence-electron chi connectivity index (χ1n) is 9.90. The van der Waals surface area contributed by atoms with E-state index in [1.54, 1.807) is 6.21 Å². The average Bonchev–Trinajstić information content (AvgIpc) is 3.23. The minimum absolute atomic E-state index is 0.494. The SMILES string of the molecule is C=CN=CC.Clc1ccc(CNC2CCN(c3ccc4c(c3)OCCO4)C2)cc1. The summed E-state index contributed by atoms with van der Waals surface area (Å²) in [7, 11) is 0. The van der Waals surface area contributed by atoms with Crippen molar-refractivity contribution in [3.63, 3.8) is 0 Å². The summed E-state index contributed by atoms with van der Waals surface area (Å²) in [6, 6.07) is 14.7. The Hall–Kier alpha value is -2.50. The zero-order valence-electron chi connectivity index (χ0n) is 16.8. The van der Waals surface area contributed by atoms with Crippen LogP contribution in [0.3, 0.4) is 0 Å². The van der Waals surface area contributed by atoms with Crippen LogP contribution >= 0.6 is 11.6 Å². The molecule has 0 amide bonds. The molecule has 1 N–H and O–H groups in total. The number of rotatable bonds is 5. The third-order valence-corrected chi connectivity index (χ3v) is 5.09. The van der Waals surface area contributed by atoms with E-state index in [0.717, 1.165) is 42.6 Å². The summed E-state index contributed by atoms with van der Waals surface area (Å²) in [5, 5.41) is 4.42. The Bertz CT molecular complexity index is 823. The van der Waals surface area contributed by atoms with Crippen molar-refractivity contribution < 1.29 is 9.47 Å². The maximum atomic E-state index is 5.93. The second-order valence-corrected chi connectivity index (χ2v) is 7.29. The first-order valence-corrected chi connectivity index (χ1v) is 10.3. The van der Waals surface area contributed by atoms with Crippen LogP contribution < -0.4 is 19.7 Å². The van der Waals surface area contributed by atoms with Crippen molar-refractivity contribution in [2.45, 2.75) is 25.9 Å². The summed E-state index contributed by atoms with van der Waals surface area (Å²) in [5.74, 6) is 1.71. The lowest BCUT2D eigenvalue weighted by Crippen LogP contribution is -2.32. The Balaban J connectivity index is 0.000000431. The summed E-state index contributed by atoms with van der Waals surface area (Å²) >= 11 is 5.93. The van der Waals surface area contributed by atoms with Crippen molar-refractivity contribution in [3.8, 4) is 11.5 Å². The maximum absolute atomic E-state index is 5.93. The van der Waals surface area contributed by atoms with E-state index < -0.39 is 0 Å². The number of nitrogens with zero attached hydrogens (tertiary/aromatic N) is 2. The second kappa shape index (κ2) is 10.9. The Morgan fingerprint density at radius 1 is 1.17 bits per heavy atom. The zero-order valence-corrected chi connectivity index (χ0v) is 17.6. The molecule has 2 heterocycles. The van der Waals surface area contributed by atoms with E-state index in [2.05, 4.69) is 46.1 Å². The van der Waals surface area contributed by atoms with Crippen molar-refractivity contribution in [2.24, 2.45) is 4.99 Å². The van der Waals surface area contributed by atoms with Gasteiger partial charge in [-0.2, -0.15) is 0 Å². The molecule has 0 aromatic heterocycles. The van der Waals surface area contributed by atoms with Gasteiger partial charge in [0.25, 0.3) is 0 Å². The van der Waals surface area contributed by atoms with E-state index in [4.69, 9.17) is 21.1 Å². The minimum atomic E-state index is 0.494. The number of benzene rings is 2. The van der Waals surface area contributed by atoms with Crippen molar-refractivity contribution in [1.29, 1.82) is 0 Å². The van der Waals surface area contributed by atoms with Crippen LogP contribution in [0.5, 0.6) is 11.5 Å². The summed E-state index contributed by atoms with van der Waals surface area (Å²) in [6.07, 6.45) is 4.33. The van der Waals surface area contributed by atoms with E-state index in [-0.39, 0.29) is 0 Å². The van der Waals surface area contributed by atoms with Crippen LogP contribution in [0.1, 0.15) is 18.9 Å². The van der Waals surface area contributed by atoms with Gasteiger partial charge in [-0.05, 0) is 43.2 Å². The van der Waals surface area contributed by atoms with E-state index in [1.807, 2.05) is 25.1 Å². The smallest absolute Gasteiger partial charge is 0.163 e. The first-order chi connectivity index (χ1) is 14.2. The third-order valence-electron chi connectivity index (χ3n) is 4.84. The van der Waals surface area contributed by atoms with Crippen LogP contribution in [0.4, 0.5) is 5.69 Å². The summed E-state index contributed by atoms with van der Waals surface area (Å²) < 4.78 is 11.3. The lowest BCUT2D eigenvalue weighted by Gasteiger charge is -2.23. The van der Waals surface area contributed by atoms with Crippen molar-refractivity contribution >= 4 is 23.5 Å². The van der Waals surface area contributed by atoms with E-state index >= 15 is 0 Å². The van der Waals surface area contributed by atoms with Crippen LogP contribution in [0.2, 0.25) is 5.02 Å². The van der Waals surface area contributed by atoms with Gasteiger partial charge in [0.05, 0.1) is 0 Å². The topological polar surface area (TPSA) is 46.1 Å². The first kappa shape index (κ1) is 21.2. The molecule has 1 unspecified atom stereocenters. The highest BCUT2D eigenvalue weighted by atomic mass is 35.5. The fourth-order valence-corrected chi connectivity index (χ4v) is 3.49. The molecule has 0 bridgehead atoms. The summed E-state index contributed by atoms with van der Waals surface area (Å²) in [4.78, 5) is 6.01. The number of nitrogens with one attached hydrogen (secondary N) is 1. The molecule has 2 aromatic carbocycles. The Morgan fingerprint density at radius 3 is 2.62 bits per heavy atom. The van der Waals surface area contributed by atoms with E-state index in [9.17, 15) is 0 Å². The quantitative estimate of drug-likeness (QED) is 0.721. The third kappa shape index (κ3) is 6.24. The Morgan fingerprint density at radius 2 is 1.93 bits per heavy atom. The molecule has 0 saturated carbocycles. The number of hydrogen-bond donors (Lipinski definition) is 1. The van der Waals surface area contributed by atoms with Gasteiger partial charge < -0.3 is 19.7 Å². The van der Waals surface area contributed by atoms with Gasteiger partial charge in [-0.1, -0.05) is 30.3 Å². The van der Waals surface area contributed by atoms with Gasteiger partial charge in [0.15, 0.2) is 11.5 Å². The molecule has 0 radical (unpaired) electrons. The predicted octanol–water partition coefficient (Wildman–Crippen LogP) is 4.70. The number of halogens is 1.